The topological polar surface area (TPSA) is 51.2 Å². The first-order valence-corrected chi connectivity index (χ1v) is 7.51. The number of nitrogens with zero attached hydrogens (tertiary/aromatic N) is 1. The predicted molar refractivity (Wildman–Crippen MR) is 84.5 cm³/mol. The van der Waals surface area contributed by atoms with Crippen molar-refractivity contribution in [2.45, 2.75) is 20.0 Å². The van der Waals surface area contributed by atoms with Crippen LogP contribution in [0.25, 0.3) is 0 Å². The summed E-state index contributed by atoms with van der Waals surface area (Å²) in [5.74, 6) is 0.799. The summed E-state index contributed by atoms with van der Waals surface area (Å²) in [7, 11) is 0. The van der Waals surface area contributed by atoms with Gasteiger partial charge in [-0.05, 0) is 19.1 Å². The van der Waals surface area contributed by atoms with Crippen molar-refractivity contribution in [2.75, 3.05) is 6.54 Å². The van der Waals surface area contributed by atoms with Crippen molar-refractivity contribution >= 4 is 17.2 Å². The van der Waals surface area contributed by atoms with Crippen LogP contribution in [-0.4, -0.2) is 17.4 Å². The lowest BCUT2D eigenvalue weighted by molar-refractivity contribution is -0.120. The number of rotatable bonds is 7. The van der Waals surface area contributed by atoms with E-state index in [0.29, 0.717) is 19.6 Å². The third kappa shape index (κ3) is 4.72. The van der Waals surface area contributed by atoms with E-state index in [4.69, 9.17) is 4.74 Å². The van der Waals surface area contributed by atoms with E-state index in [1.807, 2.05) is 37.3 Å². The van der Waals surface area contributed by atoms with Crippen LogP contribution in [0.2, 0.25) is 0 Å². The zero-order valence-corrected chi connectivity index (χ0v) is 12.8. The summed E-state index contributed by atoms with van der Waals surface area (Å²) in [6.07, 6.45) is 2.01. The lowest BCUT2D eigenvalue weighted by Crippen LogP contribution is -2.24. The molecular weight excluding hydrogens is 284 g/mol. The molecule has 0 unspecified atom stereocenters. The first-order valence-electron chi connectivity index (χ1n) is 6.69. The molecular formula is C16H18N2O2S. The van der Waals surface area contributed by atoms with Crippen molar-refractivity contribution in [2.24, 2.45) is 0 Å². The molecule has 0 spiro atoms. The third-order valence-corrected chi connectivity index (χ3v) is 3.94. The second-order valence-corrected chi connectivity index (χ2v) is 5.66. The summed E-state index contributed by atoms with van der Waals surface area (Å²) >= 11 is 1.52. The lowest BCUT2D eigenvalue weighted by Gasteiger charge is -2.02. The Morgan fingerprint density at radius 3 is 2.90 bits per heavy atom. The molecule has 110 valence electrons. The number of para-hydroxylation sites is 1. The summed E-state index contributed by atoms with van der Waals surface area (Å²) in [4.78, 5) is 17.1. The van der Waals surface area contributed by atoms with E-state index in [9.17, 15) is 4.79 Å². The molecule has 5 heteroatoms. The number of nitrogens with one attached hydrogen (secondary N) is 1. The monoisotopic (exact) mass is 302 g/mol. The van der Waals surface area contributed by atoms with Gasteiger partial charge in [0.1, 0.15) is 17.4 Å². The standard InChI is InChI=1S/C16H18N2O2S/c1-3-9-17-15(19)10-14-12(2)18-16(21-14)11-20-13-7-5-4-6-8-13/h3-8H,1,9-11H2,2H3,(H,17,19). The van der Waals surface area contributed by atoms with Gasteiger partial charge in [-0.15, -0.1) is 17.9 Å². The Bertz CT molecular complexity index is 608. The number of thiazole rings is 1. The van der Waals surface area contributed by atoms with Gasteiger partial charge in [0.25, 0.3) is 0 Å². The molecule has 4 nitrogen and oxygen atoms in total. The van der Waals surface area contributed by atoms with E-state index in [1.54, 1.807) is 6.08 Å². The van der Waals surface area contributed by atoms with Crippen molar-refractivity contribution in [1.29, 1.82) is 0 Å². The second-order valence-electron chi connectivity index (χ2n) is 4.49. The Balaban J connectivity index is 1.92. The quantitative estimate of drug-likeness (QED) is 0.800. The minimum absolute atomic E-state index is 0.0165. The van der Waals surface area contributed by atoms with E-state index in [-0.39, 0.29) is 5.91 Å². The molecule has 2 aromatic rings. The molecule has 0 aliphatic rings. The fourth-order valence-electron chi connectivity index (χ4n) is 1.77. The molecule has 0 aliphatic carbocycles. The molecule has 21 heavy (non-hydrogen) atoms. The highest BCUT2D eigenvalue weighted by Gasteiger charge is 2.11. The molecule has 0 radical (unpaired) electrons. The Morgan fingerprint density at radius 1 is 1.43 bits per heavy atom. The number of hydrogen-bond donors (Lipinski definition) is 1. The molecule has 1 N–H and O–H groups in total. The van der Waals surface area contributed by atoms with Crippen LogP contribution in [0.15, 0.2) is 43.0 Å². The van der Waals surface area contributed by atoms with E-state index >= 15 is 0 Å². The van der Waals surface area contributed by atoms with Crippen LogP contribution in [0.3, 0.4) is 0 Å². The molecule has 1 amide bonds. The average molecular weight is 302 g/mol. The van der Waals surface area contributed by atoms with Gasteiger partial charge in [0.2, 0.25) is 5.91 Å². The molecule has 1 aromatic heterocycles. The fraction of sp³-hybridized carbons (Fsp3) is 0.250. The molecule has 0 aliphatic heterocycles. The predicted octanol–water partition coefficient (Wildman–Crippen LogP) is 2.88. The van der Waals surface area contributed by atoms with Crippen molar-refractivity contribution in [3.63, 3.8) is 0 Å². The number of amides is 1. The maximum Gasteiger partial charge on any atom is 0.225 e. The molecule has 1 heterocycles. The zero-order valence-electron chi connectivity index (χ0n) is 12.0. The van der Waals surface area contributed by atoms with Crippen LogP contribution in [0, 0.1) is 6.92 Å². The van der Waals surface area contributed by atoms with Crippen molar-refractivity contribution in [3.8, 4) is 5.75 Å². The molecule has 0 bridgehead atoms. The lowest BCUT2D eigenvalue weighted by atomic mass is 10.3. The Labute approximate surface area is 128 Å². The first kappa shape index (κ1) is 15.3. The van der Waals surface area contributed by atoms with Crippen LogP contribution in [-0.2, 0) is 17.8 Å². The van der Waals surface area contributed by atoms with Gasteiger partial charge in [0, 0.05) is 11.4 Å². The highest BCUT2D eigenvalue weighted by molar-refractivity contribution is 7.11. The molecule has 1 aromatic carbocycles. The Morgan fingerprint density at radius 2 is 2.19 bits per heavy atom. The number of benzene rings is 1. The van der Waals surface area contributed by atoms with E-state index < -0.39 is 0 Å². The highest BCUT2D eigenvalue weighted by Crippen LogP contribution is 2.20. The third-order valence-electron chi connectivity index (χ3n) is 2.81. The minimum Gasteiger partial charge on any atom is -0.486 e. The summed E-state index contributed by atoms with van der Waals surface area (Å²) in [5, 5.41) is 3.64. The van der Waals surface area contributed by atoms with Gasteiger partial charge in [0.05, 0.1) is 12.1 Å². The van der Waals surface area contributed by atoms with Gasteiger partial charge in [-0.3, -0.25) is 4.79 Å². The molecule has 2 rings (SSSR count). The summed E-state index contributed by atoms with van der Waals surface area (Å²) < 4.78 is 5.66. The van der Waals surface area contributed by atoms with E-state index in [1.165, 1.54) is 11.3 Å². The van der Waals surface area contributed by atoms with E-state index in [0.717, 1.165) is 21.3 Å². The largest absolute Gasteiger partial charge is 0.486 e. The molecule has 0 saturated heterocycles. The van der Waals surface area contributed by atoms with Crippen LogP contribution in [0.5, 0.6) is 5.75 Å². The average Bonchev–Trinajstić information content (AvgIpc) is 2.84. The molecule has 0 saturated carbocycles. The first-order chi connectivity index (χ1) is 10.2. The van der Waals surface area contributed by atoms with Gasteiger partial charge < -0.3 is 10.1 Å². The summed E-state index contributed by atoms with van der Waals surface area (Å²) in [5.41, 5.74) is 0.889. The minimum atomic E-state index is -0.0165. The van der Waals surface area contributed by atoms with Gasteiger partial charge in [-0.1, -0.05) is 24.3 Å². The molecule has 0 fully saturated rings. The smallest absolute Gasteiger partial charge is 0.225 e. The SMILES string of the molecule is C=CCNC(=O)Cc1sc(COc2ccccc2)nc1C. The molecule has 0 atom stereocenters. The van der Waals surface area contributed by atoms with E-state index in [2.05, 4.69) is 16.9 Å². The number of hydrogen-bond acceptors (Lipinski definition) is 4. The van der Waals surface area contributed by atoms with Gasteiger partial charge in [-0.25, -0.2) is 4.98 Å². The van der Waals surface area contributed by atoms with Crippen molar-refractivity contribution < 1.29 is 9.53 Å². The summed E-state index contributed by atoms with van der Waals surface area (Å²) in [6, 6.07) is 9.62. The van der Waals surface area contributed by atoms with Gasteiger partial charge in [-0.2, -0.15) is 0 Å². The van der Waals surface area contributed by atoms with Crippen LogP contribution < -0.4 is 10.1 Å². The van der Waals surface area contributed by atoms with Gasteiger partial charge >= 0.3 is 0 Å². The zero-order chi connectivity index (χ0) is 15.1. The number of aryl methyl sites for hydroxylation is 1. The van der Waals surface area contributed by atoms with Crippen LogP contribution in [0.1, 0.15) is 15.6 Å². The second kappa shape index (κ2) is 7.59. The fourth-order valence-corrected chi connectivity index (χ4v) is 2.75. The normalized spacial score (nSPS) is 10.1. The summed E-state index contributed by atoms with van der Waals surface area (Å²) in [6.45, 7) is 6.40. The van der Waals surface area contributed by atoms with Gasteiger partial charge in [0.15, 0.2) is 0 Å². The highest BCUT2D eigenvalue weighted by atomic mass is 32.1. The maximum absolute atomic E-state index is 11.7. The maximum atomic E-state index is 11.7. The van der Waals surface area contributed by atoms with Crippen LogP contribution in [0.4, 0.5) is 0 Å². The number of carbonyl (C=O) groups is 1. The Kier molecular flexibility index (Phi) is 5.51. The van der Waals surface area contributed by atoms with Crippen LogP contribution >= 0.6 is 11.3 Å². The number of aromatic nitrogens is 1. The van der Waals surface area contributed by atoms with Crippen molar-refractivity contribution in [1.82, 2.24) is 10.3 Å². The number of ether oxygens (including phenoxy) is 1. The number of carbonyl (C=O) groups excluding carboxylic acids is 1. The Hall–Kier alpha value is -2.14. The van der Waals surface area contributed by atoms with Crippen molar-refractivity contribution in [3.05, 3.63) is 58.6 Å².